The molecule has 19 heavy (non-hydrogen) atoms. The molecule has 1 heteroatoms. The van der Waals surface area contributed by atoms with Gasteiger partial charge in [-0.15, -0.1) is 0 Å². The molecule has 0 radical (unpaired) electrons. The molecule has 0 heterocycles. The van der Waals surface area contributed by atoms with Gasteiger partial charge in [0.25, 0.3) is 0 Å². The van der Waals surface area contributed by atoms with Crippen LogP contribution in [0.15, 0.2) is 48.5 Å². The van der Waals surface area contributed by atoms with Crippen LogP contribution in [0.5, 0.6) is 0 Å². The Morgan fingerprint density at radius 1 is 1.11 bits per heavy atom. The molecule has 0 N–H and O–H groups in total. The number of hydrogen-bond donors (Lipinski definition) is 0. The van der Waals surface area contributed by atoms with Crippen LogP contribution in [0.4, 0.5) is 0 Å². The van der Waals surface area contributed by atoms with Crippen molar-refractivity contribution in [3.8, 4) is 0 Å². The zero-order chi connectivity index (χ0) is 13.2. The standard InChI is InChI=1S/C18H18O/c1-13-6-2-3-8-15(13)12-18(19)17-11-10-14-7-4-5-9-16(14)17/h2-9,17H,10-12H2,1H3. The van der Waals surface area contributed by atoms with Gasteiger partial charge in [-0.3, -0.25) is 4.79 Å². The predicted molar refractivity (Wildman–Crippen MR) is 77.4 cm³/mol. The van der Waals surface area contributed by atoms with E-state index in [1.807, 2.05) is 18.2 Å². The van der Waals surface area contributed by atoms with Gasteiger partial charge in [0.1, 0.15) is 5.78 Å². The molecule has 1 aliphatic rings. The lowest BCUT2D eigenvalue weighted by Gasteiger charge is -2.11. The van der Waals surface area contributed by atoms with E-state index in [9.17, 15) is 4.79 Å². The fourth-order valence-electron chi connectivity index (χ4n) is 3.01. The van der Waals surface area contributed by atoms with Crippen molar-refractivity contribution in [3.05, 3.63) is 70.8 Å². The maximum Gasteiger partial charge on any atom is 0.144 e. The van der Waals surface area contributed by atoms with Gasteiger partial charge in [0, 0.05) is 12.3 Å². The Morgan fingerprint density at radius 2 is 1.84 bits per heavy atom. The zero-order valence-corrected chi connectivity index (χ0v) is 11.2. The van der Waals surface area contributed by atoms with Gasteiger partial charge >= 0.3 is 0 Å². The molecular formula is C18H18O. The van der Waals surface area contributed by atoms with Gasteiger partial charge in [-0.25, -0.2) is 0 Å². The van der Waals surface area contributed by atoms with Crippen molar-refractivity contribution in [2.45, 2.75) is 32.1 Å². The van der Waals surface area contributed by atoms with Crippen LogP contribution in [0.25, 0.3) is 0 Å². The summed E-state index contributed by atoms with van der Waals surface area (Å²) in [6, 6.07) is 16.5. The highest BCUT2D eigenvalue weighted by molar-refractivity contribution is 5.89. The summed E-state index contributed by atoms with van der Waals surface area (Å²) in [7, 11) is 0. The first kappa shape index (κ1) is 12.2. The van der Waals surface area contributed by atoms with Crippen molar-refractivity contribution in [2.24, 2.45) is 0 Å². The number of ketones is 1. The second-order valence-corrected chi connectivity index (χ2v) is 5.36. The number of carbonyl (C=O) groups excluding carboxylic acids is 1. The fraction of sp³-hybridized carbons (Fsp3) is 0.278. The molecule has 1 unspecified atom stereocenters. The average molecular weight is 250 g/mol. The quantitative estimate of drug-likeness (QED) is 0.809. The highest BCUT2D eigenvalue weighted by Gasteiger charge is 2.27. The lowest BCUT2D eigenvalue weighted by molar-refractivity contribution is -0.119. The van der Waals surface area contributed by atoms with E-state index >= 15 is 0 Å². The summed E-state index contributed by atoms with van der Waals surface area (Å²) in [5.74, 6) is 0.468. The normalized spacial score (nSPS) is 17.2. The number of aryl methyl sites for hydroxylation is 2. The van der Waals surface area contributed by atoms with Crippen LogP contribution in [0.3, 0.4) is 0 Å². The molecule has 0 saturated heterocycles. The Morgan fingerprint density at radius 3 is 2.68 bits per heavy atom. The minimum absolute atomic E-state index is 0.107. The summed E-state index contributed by atoms with van der Waals surface area (Å²) in [6.07, 6.45) is 2.58. The van der Waals surface area contributed by atoms with E-state index in [1.165, 1.54) is 16.7 Å². The summed E-state index contributed by atoms with van der Waals surface area (Å²) in [4.78, 5) is 12.5. The number of benzene rings is 2. The third-order valence-electron chi connectivity index (χ3n) is 4.15. The molecule has 96 valence electrons. The van der Waals surface area contributed by atoms with Crippen molar-refractivity contribution >= 4 is 5.78 Å². The molecule has 0 fully saturated rings. The van der Waals surface area contributed by atoms with Crippen LogP contribution in [0, 0.1) is 6.92 Å². The summed E-state index contributed by atoms with van der Waals surface area (Å²) >= 11 is 0. The molecule has 0 aromatic heterocycles. The first-order valence-corrected chi connectivity index (χ1v) is 6.91. The van der Waals surface area contributed by atoms with E-state index in [4.69, 9.17) is 0 Å². The zero-order valence-electron chi connectivity index (χ0n) is 11.2. The smallest absolute Gasteiger partial charge is 0.144 e. The number of fused-ring (bicyclic) bond motifs is 1. The molecule has 2 aromatic rings. The first-order valence-electron chi connectivity index (χ1n) is 6.91. The number of rotatable bonds is 3. The number of Topliss-reactive ketones (excluding diaryl/α,β-unsaturated/α-hetero) is 1. The van der Waals surface area contributed by atoms with Gasteiger partial charge in [0.05, 0.1) is 0 Å². The fourth-order valence-corrected chi connectivity index (χ4v) is 3.01. The Labute approximate surface area is 114 Å². The summed E-state index contributed by atoms with van der Waals surface area (Å²) < 4.78 is 0. The molecule has 3 rings (SSSR count). The number of carbonyl (C=O) groups is 1. The van der Waals surface area contributed by atoms with E-state index in [0.29, 0.717) is 12.2 Å². The van der Waals surface area contributed by atoms with Gasteiger partial charge < -0.3 is 0 Å². The average Bonchev–Trinajstić information content (AvgIpc) is 2.85. The van der Waals surface area contributed by atoms with Gasteiger partial charge in [-0.1, -0.05) is 48.5 Å². The highest BCUT2D eigenvalue weighted by atomic mass is 16.1. The minimum Gasteiger partial charge on any atom is -0.299 e. The Bertz CT molecular complexity index is 613. The molecule has 0 amide bonds. The molecule has 2 aromatic carbocycles. The molecule has 0 aliphatic heterocycles. The van der Waals surface area contributed by atoms with Crippen LogP contribution >= 0.6 is 0 Å². The minimum atomic E-state index is 0.107. The topological polar surface area (TPSA) is 17.1 Å². The second kappa shape index (κ2) is 5.00. The van der Waals surface area contributed by atoms with Crippen LogP contribution < -0.4 is 0 Å². The first-order chi connectivity index (χ1) is 9.25. The number of hydrogen-bond acceptors (Lipinski definition) is 1. The van der Waals surface area contributed by atoms with Crippen LogP contribution in [-0.4, -0.2) is 5.78 Å². The maximum absolute atomic E-state index is 12.5. The van der Waals surface area contributed by atoms with Crippen molar-refractivity contribution in [1.29, 1.82) is 0 Å². The van der Waals surface area contributed by atoms with Gasteiger partial charge in [-0.2, -0.15) is 0 Å². The van der Waals surface area contributed by atoms with E-state index in [0.717, 1.165) is 18.4 Å². The molecule has 0 bridgehead atoms. The highest BCUT2D eigenvalue weighted by Crippen LogP contribution is 2.34. The Kier molecular flexibility index (Phi) is 3.20. The monoisotopic (exact) mass is 250 g/mol. The van der Waals surface area contributed by atoms with Crippen LogP contribution in [-0.2, 0) is 17.6 Å². The van der Waals surface area contributed by atoms with E-state index in [1.54, 1.807) is 0 Å². The summed E-state index contributed by atoms with van der Waals surface area (Å²) in [6.45, 7) is 2.07. The SMILES string of the molecule is Cc1ccccc1CC(=O)C1CCc2ccccc21. The molecule has 1 nitrogen and oxygen atoms in total. The van der Waals surface area contributed by atoms with Crippen molar-refractivity contribution in [2.75, 3.05) is 0 Å². The van der Waals surface area contributed by atoms with E-state index in [2.05, 4.69) is 37.3 Å². The van der Waals surface area contributed by atoms with Crippen LogP contribution in [0.2, 0.25) is 0 Å². The third-order valence-corrected chi connectivity index (χ3v) is 4.15. The van der Waals surface area contributed by atoms with Gasteiger partial charge in [0.15, 0.2) is 0 Å². The second-order valence-electron chi connectivity index (χ2n) is 5.36. The van der Waals surface area contributed by atoms with E-state index in [-0.39, 0.29) is 5.92 Å². The Hall–Kier alpha value is -1.89. The molecule has 1 aliphatic carbocycles. The van der Waals surface area contributed by atoms with E-state index < -0.39 is 0 Å². The molecular weight excluding hydrogens is 232 g/mol. The lowest BCUT2D eigenvalue weighted by atomic mass is 9.91. The largest absolute Gasteiger partial charge is 0.299 e. The Balaban J connectivity index is 1.81. The summed E-state index contributed by atoms with van der Waals surface area (Å²) in [5.41, 5.74) is 4.98. The third kappa shape index (κ3) is 2.33. The van der Waals surface area contributed by atoms with Crippen molar-refractivity contribution in [3.63, 3.8) is 0 Å². The van der Waals surface area contributed by atoms with Crippen molar-refractivity contribution in [1.82, 2.24) is 0 Å². The molecule has 0 spiro atoms. The predicted octanol–water partition coefficient (Wildman–Crippen LogP) is 3.84. The summed E-state index contributed by atoms with van der Waals surface area (Å²) in [5, 5.41) is 0. The molecule has 0 saturated carbocycles. The maximum atomic E-state index is 12.5. The molecule has 1 atom stereocenters. The van der Waals surface area contributed by atoms with Crippen LogP contribution in [0.1, 0.15) is 34.6 Å². The lowest BCUT2D eigenvalue weighted by Crippen LogP contribution is -2.13. The van der Waals surface area contributed by atoms with Crippen molar-refractivity contribution < 1.29 is 4.79 Å². The van der Waals surface area contributed by atoms with Gasteiger partial charge in [0.2, 0.25) is 0 Å². The van der Waals surface area contributed by atoms with Gasteiger partial charge in [-0.05, 0) is 42.0 Å².